The van der Waals surface area contributed by atoms with Crippen LogP contribution in [0.4, 0.5) is 5.69 Å². The molecule has 1 aromatic carbocycles. The zero-order valence-corrected chi connectivity index (χ0v) is 19.5. The molecule has 2 atom stereocenters. The minimum absolute atomic E-state index is 0. The van der Waals surface area contributed by atoms with Gasteiger partial charge in [0.1, 0.15) is 5.76 Å². The number of nitrogens with zero attached hydrogens (tertiary/aromatic N) is 3. The van der Waals surface area contributed by atoms with E-state index in [0.717, 1.165) is 37.8 Å². The van der Waals surface area contributed by atoms with E-state index < -0.39 is 0 Å². The Kier molecular flexibility index (Phi) is 8.62. The molecule has 1 aliphatic heterocycles. The first-order valence-corrected chi connectivity index (χ1v) is 9.55. The number of nitrogens with one attached hydrogen (secondary N) is 2. The van der Waals surface area contributed by atoms with Gasteiger partial charge in [-0.25, -0.2) is 0 Å². The third kappa shape index (κ3) is 5.88. The lowest BCUT2D eigenvalue weighted by Gasteiger charge is -2.25. The van der Waals surface area contributed by atoms with E-state index in [1.54, 1.807) is 6.26 Å². The Hall–Kier alpha value is -1.74. The summed E-state index contributed by atoms with van der Waals surface area (Å²) in [5.74, 6) is 1.79. The second-order valence-corrected chi connectivity index (χ2v) is 7.36. The molecule has 6 nitrogen and oxygen atoms in total. The zero-order chi connectivity index (χ0) is 19.2. The van der Waals surface area contributed by atoms with E-state index in [1.807, 2.05) is 19.2 Å². The Bertz CT molecular complexity index is 730. The van der Waals surface area contributed by atoms with Crippen LogP contribution in [0.25, 0.3) is 0 Å². The number of aryl methyl sites for hydroxylation is 1. The predicted octanol–water partition coefficient (Wildman–Crippen LogP) is 3.25. The number of rotatable bonds is 6. The minimum Gasteiger partial charge on any atom is -0.468 e. The van der Waals surface area contributed by atoms with E-state index in [2.05, 4.69) is 70.7 Å². The summed E-state index contributed by atoms with van der Waals surface area (Å²) in [5, 5.41) is 7.01. The highest BCUT2D eigenvalue weighted by Gasteiger charge is 2.24. The van der Waals surface area contributed by atoms with Gasteiger partial charge in [0.2, 0.25) is 0 Å². The number of aliphatic imine (C=N–C) groups is 1. The molecule has 28 heavy (non-hydrogen) atoms. The molecule has 0 saturated carbocycles. The number of halogens is 1. The number of anilines is 1. The van der Waals surface area contributed by atoms with Gasteiger partial charge >= 0.3 is 0 Å². The fourth-order valence-electron chi connectivity index (χ4n) is 3.47. The van der Waals surface area contributed by atoms with E-state index in [0.29, 0.717) is 6.04 Å². The lowest BCUT2D eigenvalue weighted by molar-refractivity contribution is 0.258. The highest BCUT2D eigenvalue weighted by Crippen LogP contribution is 2.21. The lowest BCUT2D eigenvalue weighted by atomic mass is 10.2. The van der Waals surface area contributed by atoms with Crippen LogP contribution in [0.3, 0.4) is 0 Å². The maximum absolute atomic E-state index is 5.58. The molecule has 1 aliphatic rings. The smallest absolute Gasteiger partial charge is 0.191 e. The molecule has 2 aromatic rings. The van der Waals surface area contributed by atoms with Crippen molar-refractivity contribution in [2.24, 2.45) is 4.99 Å². The highest BCUT2D eigenvalue weighted by molar-refractivity contribution is 14.0. The Balaban J connectivity index is 0.00000280. The van der Waals surface area contributed by atoms with Crippen LogP contribution in [0.5, 0.6) is 0 Å². The highest BCUT2D eigenvalue weighted by atomic mass is 127. The largest absolute Gasteiger partial charge is 0.468 e. The molecule has 154 valence electrons. The van der Waals surface area contributed by atoms with Gasteiger partial charge in [-0.05, 0) is 51.7 Å². The molecule has 1 aromatic heterocycles. The van der Waals surface area contributed by atoms with Gasteiger partial charge in [-0.3, -0.25) is 9.89 Å². The van der Waals surface area contributed by atoms with Crippen molar-refractivity contribution >= 4 is 35.6 Å². The van der Waals surface area contributed by atoms with Crippen molar-refractivity contribution in [1.82, 2.24) is 15.5 Å². The van der Waals surface area contributed by atoms with Crippen LogP contribution in [0.1, 0.15) is 23.8 Å². The number of likely N-dealkylation sites (N-methyl/N-ethyl adjacent to an activating group) is 1. The third-order valence-electron chi connectivity index (χ3n) is 5.11. The maximum Gasteiger partial charge on any atom is 0.191 e. The van der Waals surface area contributed by atoms with E-state index >= 15 is 0 Å². The molecule has 7 heteroatoms. The first kappa shape index (κ1) is 22.5. The number of furan rings is 1. The van der Waals surface area contributed by atoms with Crippen molar-refractivity contribution < 1.29 is 4.42 Å². The number of hydrogen-bond acceptors (Lipinski definition) is 4. The summed E-state index contributed by atoms with van der Waals surface area (Å²) >= 11 is 0. The minimum atomic E-state index is 0. The van der Waals surface area contributed by atoms with Crippen molar-refractivity contribution in [2.75, 3.05) is 45.7 Å². The third-order valence-corrected chi connectivity index (χ3v) is 5.11. The van der Waals surface area contributed by atoms with Crippen LogP contribution in [-0.2, 0) is 0 Å². The van der Waals surface area contributed by atoms with Crippen LogP contribution < -0.4 is 15.5 Å². The summed E-state index contributed by atoms with van der Waals surface area (Å²) in [4.78, 5) is 8.97. The maximum atomic E-state index is 5.58. The Labute approximate surface area is 185 Å². The van der Waals surface area contributed by atoms with Crippen molar-refractivity contribution in [3.05, 3.63) is 54.0 Å². The first-order valence-electron chi connectivity index (χ1n) is 9.55. The van der Waals surface area contributed by atoms with E-state index in [9.17, 15) is 0 Å². The summed E-state index contributed by atoms with van der Waals surface area (Å²) in [6, 6.07) is 13.2. The second kappa shape index (κ2) is 10.7. The van der Waals surface area contributed by atoms with Gasteiger partial charge in [0.15, 0.2) is 5.96 Å². The van der Waals surface area contributed by atoms with E-state index in [1.165, 1.54) is 11.3 Å². The topological polar surface area (TPSA) is 56.0 Å². The predicted molar refractivity (Wildman–Crippen MR) is 127 cm³/mol. The second-order valence-electron chi connectivity index (χ2n) is 7.36. The Morgan fingerprint density at radius 3 is 2.64 bits per heavy atom. The molecule has 1 fully saturated rings. The molecule has 0 bridgehead atoms. The normalized spacial score (nSPS) is 18.1. The molecule has 2 heterocycles. The Morgan fingerprint density at radius 2 is 2.04 bits per heavy atom. The Morgan fingerprint density at radius 1 is 1.29 bits per heavy atom. The van der Waals surface area contributed by atoms with Gasteiger partial charge in [-0.15, -0.1) is 24.0 Å². The monoisotopic (exact) mass is 497 g/mol. The summed E-state index contributed by atoms with van der Waals surface area (Å²) in [5.41, 5.74) is 2.59. The van der Waals surface area contributed by atoms with Crippen molar-refractivity contribution in [1.29, 1.82) is 0 Å². The molecule has 0 radical (unpaired) electrons. The molecular formula is C21H32IN5O. The van der Waals surface area contributed by atoms with Gasteiger partial charge in [-0.2, -0.15) is 0 Å². The summed E-state index contributed by atoms with van der Waals surface area (Å²) in [6.45, 7) is 4.90. The number of guanidine groups is 1. The van der Waals surface area contributed by atoms with Gasteiger partial charge in [0.05, 0.1) is 12.3 Å². The average Bonchev–Trinajstić information content (AvgIpc) is 3.33. The standard InChI is InChI=1S/C21H31N5O.HI/c1-16-7-9-18(10-8-16)26-12-11-17(15-26)24-21(22-2)23-14-19(25(3)4)20-6-5-13-27-20;/h5-10,13,17,19H,11-12,14-15H2,1-4H3,(H2,22,23,24);1H. The molecule has 3 rings (SSSR count). The van der Waals surface area contributed by atoms with Gasteiger partial charge in [-0.1, -0.05) is 17.7 Å². The van der Waals surface area contributed by atoms with Crippen LogP contribution in [0, 0.1) is 6.92 Å². The fraction of sp³-hybridized carbons (Fsp3) is 0.476. The van der Waals surface area contributed by atoms with E-state index in [4.69, 9.17) is 4.42 Å². The van der Waals surface area contributed by atoms with Gasteiger partial charge in [0, 0.05) is 38.4 Å². The van der Waals surface area contributed by atoms with Crippen LogP contribution >= 0.6 is 24.0 Å². The van der Waals surface area contributed by atoms with Gasteiger partial charge < -0.3 is 20.0 Å². The van der Waals surface area contributed by atoms with Crippen molar-refractivity contribution in [3.63, 3.8) is 0 Å². The van der Waals surface area contributed by atoms with Crippen molar-refractivity contribution in [3.8, 4) is 0 Å². The lowest BCUT2D eigenvalue weighted by Crippen LogP contribution is -2.46. The quantitative estimate of drug-likeness (QED) is 0.365. The molecule has 1 saturated heterocycles. The van der Waals surface area contributed by atoms with Crippen LogP contribution in [-0.4, -0.2) is 57.7 Å². The van der Waals surface area contributed by atoms with Gasteiger partial charge in [0.25, 0.3) is 0 Å². The molecular weight excluding hydrogens is 465 g/mol. The van der Waals surface area contributed by atoms with Crippen LogP contribution in [0.15, 0.2) is 52.1 Å². The molecule has 0 aliphatic carbocycles. The first-order chi connectivity index (χ1) is 13.1. The summed E-state index contributed by atoms with van der Waals surface area (Å²) < 4.78 is 5.58. The van der Waals surface area contributed by atoms with Crippen LogP contribution in [0.2, 0.25) is 0 Å². The zero-order valence-electron chi connectivity index (χ0n) is 17.2. The summed E-state index contributed by atoms with van der Waals surface area (Å²) in [6.07, 6.45) is 2.82. The molecule has 0 amide bonds. The summed E-state index contributed by atoms with van der Waals surface area (Å²) in [7, 11) is 5.93. The molecule has 2 N–H and O–H groups in total. The molecule has 2 unspecified atom stereocenters. The number of hydrogen-bond donors (Lipinski definition) is 2. The number of benzene rings is 1. The SMILES string of the molecule is CN=C(NCC(c1ccco1)N(C)C)NC1CCN(c2ccc(C)cc2)C1.I. The average molecular weight is 497 g/mol. The fourth-order valence-corrected chi connectivity index (χ4v) is 3.47. The van der Waals surface area contributed by atoms with E-state index in [-0.39, 0.29) is 30.0 Å². The molecule has 0 spiro atoms. The van der Waals surface area contributed by atoms with Crippen molar-refractivity contribution in [2.45, 2.75) is 25.4 Å².